The number of carbonyl (C=O) groups is 2. The van der Waals surface area contributed by atoms with Crippen LogP contribution in [0.3, 0.4) is 0 Å². The van der Waals surface area contributed by atoms with Crippen molar-refractivity contribution in [2.75, 3.05) is 6.61 Å². The molecule has 6 heteroatoms. The Bertz CT molecular complexity index is 293. The second-order valence-corrected chi connectivity index (χ2v) is 5.07. The van der Waals surface area contributed by atoms with Crippen LogP contribution in [0.4, 0.5) is 4.79 Å². The Morgan fingerprint density at radius 1 is 1.53 bits per heavy atom. The molecular formula is C11H19NO5. The average Bonchev–Trinajstić information content (AvgIpc) is 2.91. The van der Waals surface area contributed by atoms with Crippen LogP contribution in [-0.4, -0.2) is 41.5 Å². The number of aliphatic carboxylic acids is 1. The lowest BCUT2D eigenvalue weighted by Gasteiger charge is -2.21. The summed E-state index contributed by atoms with van der Waals surface area (Å²) in [5.74, 6) is -1.06. The first-order valence-corrected chi connectivity index (χ1v) is 5.62. The van der Waals surface area contributed by atoms with Gasteiger partial charge in [0.25, 0.3) is 0 Å². The highest BCUT2D eigenvalue weighted by Crippen LogP contribution is 2.17. The van der Waals surface area contributed by atoms with Crippen molar-refractivity contribution in [2.45, 2.75) is 51.4 Å². The van der Waals surface area contributed by atoms with Gasteiger partial charge in [0, 0.05) is 0 Å². The van der Waals surface area contributed by atoms with Gasteiger partial charge < -0.3 is 19.9 Å². The monoisotopic (exact) mass is 245 g/mol. The number of nitrogens with one attached hydrogen (secondary N) is 1. The van der Waals surface area contributed by atoms with Crippen LogP contribution < -0.4 is 5.32 Å². The maximum absolute atomic E-state index is 11.4. The van der Waals surface area contributed by atoms with E-state index in [1.807, 2.05) is 0 Å². The molecule has 1 saturated heterocycles. The SMILES string of the molecule is CC(C)(C)OC(=O)N[C@@H](CCC1CO1)C(=O)O. The van der Waals surface area contributed by atoms with Crippen molar-refractivity contribution in [3.05, 3.63) is 0 Å². The Morgan fingerprint density at radius 2 is 2.12 bits per heavy atom. The highest BCUT2D eigenvalue weighted by molar-refractivity contribution is 5.79. The maximum atomic E-state index is 11.4. The van der Waals surface area contributed by atoms with Crippen LogP contribution in [0.15, 0.2) is 0 Å². The molecule has 0 spiro atoms. The Morgan fingerprint density at radius 3 is 2.53 bits per heavy atom. The summed E-state index contributed by atoms with van der Waals surface area (Å²) in [6.07, 6.45) is 0.422. The number of amides is 1. The van der Waals surface area contributed by atoms with E-state index in [0.29, 0.717) is 19.4 Å². The molecule has 1 amide bonds. The predicted molar refractivity (Wildman–Crippen MR) is 59.8 cm³/mol. The van der Waals surface area contributed by atoms with E-state index in [2.05, 4.69) is 5.32 Å². The molecule has 1 heterocycles. The van der Waals surface area contributed by atoms with Crippen LogP contribution in [0.2, 0.25) is 0 Å². The van der Waals surface area contributed by atoms with Crippen molar-refractivity contribution in [1.29, 1.82) is 0 Å². The molecule has 6 nitrogen and oxygen atoms in total. The largest absolute Gasteiger partial charge is 0.480 e. The Labute approximate surface area is 100 Å². The topological polar surface area (TPSA) is 88.2 Å². The molecule has 0 aliphatic carbocycles. The van der Waals surface area contributed by atoms with Gasteiger partial charge in [-0.3, -0.25) is 0 Å². The van der Waals surface area contributed by atoms with Gasteiger partial charge in [-0.15, -0.1) is 0 Å². The first kappa shape index (κ1) is 13.8. The van der Waals surface area contributed by atoms with Crippen LogP contribution in [0.1, 0.15) is 33.6 Å². The van der Waals surface area contributed by atoms with Crippen LogP contribution in [0.25, 0.3) is 0 Å². The smallest absolute Gasteiger partial charge is 0.408 e. The van der Waals surface area contributed by atoms with Crippen molar-refractivity contribution in [1.82, 2.24) is 5.32 Å². The quantitative estimate of drug-likeness (QED) is 0.709. The summed E-state index contributed by atoms with van der Waals surface area (Å²) >= 11 is 0. The number of carboxylic acid groups (broad SMARTS) is 1. The first-order chi connectivity index (χ1) is 7.78. The Kier molecular flexibility index (Phi) is 4.34. The van der Waals surface area contributed by atoms with E-state index in [9.17, 15) is 9.59 Å². The third-order valence-corrected chi connectivity index (χ3v) is 2.17. The van der Waals surface area contributed by atoms with E-state index in [1.165, 1.54) is 0 Å². The van der Waals surface area contributed by atoms with E-state index in [1.54, 1.807) is 20.8 Å². The maximum Gasteiger partial charge on any atom is 0.408 e. The third kappa shape index (κ3) is 6.11. The third-order valence-electron chi connectivity index (χ3n) is 2.17. The van der Waals surface area contributed by atoms with Gasteiger partial charge in [0.05, 0.1) is 12.7 Å². The van der Waals surface area contributed by atoms with Crippen molar-refractivity contribution in [3.63, 3.8) is 0 Å². The molecule has 98 valence electrons. The predicted octanol–water partition coefficient (Wildman–Crippen LogP) is 1.14. The lowest BCUT2D eigenvalue weighted by Crippen LogP contribution is -2.43. The van der Waals surface area contributed by atoms with Crippen molar-refractivity contribution in [3.8, 4) is 0 Å². The van der Waals surface area contributed by atoms with E-state index in [-0.39, 0.29) is 6.10 Å². The van der Waals surface area contributed by atoms with Gasteiger partial charge in [-0.2, -0.15) is 0 Å². The van der Waals surface area contributed by atoms with Gasteiger partial charge in [-0.25, -0.2) is 9.59 Å². The fourth-order valence-corrected chi connectivity index (χ4v) is 1.29. The summed E-state index contributed by atoms with van der Waals surface area (Å²) in [7, 11) is 0. The van der Waals surface area contributed by atoms with Crippen LogP contribution >= 0.6 is 0 Å². The van der Waals surface area contributed by atoms with Gasteiger partial charge in [0.1, 0.15) is 11.6 Å². The first-order valence-electron chi connectivity index (χ1n) is 5.62. The summed E-state index contributed by atoms with van der Waals surface area (Å²) in [4.78, 5) is 22.3. The zero-order valence-electron chi connectivity index (χ0n) is 10.4. The molecule has 1 aliphatic heterocycles. The molecule has 1 unspecified atom stereocenters. The number of rotatable bonds is 5. The molecule has 1 fully saturated rings. The van der Waals surface area contributed by atoms with Gasteiger partial charge >= 0.3 is 12.1 Å². The standard InChI is InChI=1S/C11H19NO5/c1-11(2,3)17-10(15)12-8(9(13)14)5-4-7-6-16-7/h7-8H,4-6H2,1-3H3,(H,12,15)(H,13,14)/t7?,8-/m0/s1. The number of ether oxygens (including phenoxy) is 2. The van der Waals surface area contributed by atoms with Crippen LogP contribution in [0.5, 0.6) is 0 Å². The van der Waals surface area contributed by atoms with Crippen molar-refractivity contribution in [2.24, 2.45) is 0 Å². The fourth-order valence-electron chi connectivity index (χ4n) is 1.29. The molecule has 0 aromatic carbocycles. The normalized spacial score (nSPS) is 20.5. The molecule has 2 N–H and O–H groups in total. The molecular weight excluding hydrogens is 226 g/mol. The zero-order valence-corrected chi connectivity index (χ0v) is 10.4. The highest BCUT2D eigenvalue weighted by Gasteiger charge is 2.28. The van der Waals surface area contributed by atoms with Gasteiger partial charge in [0.2, 0.25) is 0 Å². The van der Waals surface area contributed by atoms with Gasteiger partial charge in [-0.05, 0) is 33.6 Å². The molecule has 0 aromatic heterocycles. The summed E-state index contributed by atoms with van der Waals surface area (Å²) in [6.45, 7) is 5.85. The molecule has 0 bridgehead atoms. The molecule has 17 heavy (non-hydrogen) atoms. The molecule has 1 aliphatic rings. The van der Waals surface area contributed by atoms with E-state index < -0.39 is 23.7 Å². The van der Waals surface area contributed by atoms with E-state index >= 15 is 0 Å². The molecule has 1 rings (SSSR count). The van der Waals surface area contributed by atoms with E-state index in [0.717, 1.165) is 0 Å². The lowest BCUT2D eigenvalue weighted by molar-refractivity contribution is -0.139. The van der Waals surface area contributed by atoms with Crippen LogP contribution in [0, 0.1) is 0 Å². The number of epoxide rings is 1. The molecule has 0 radical (unpaired) electrons. The van der Waals surface area contributed by atoms with Crippen molar-refractivity contribution < 1.29 is 24.2 Å². The number of hydrogen-bond donors (Lipinski definition) is 2. The summed E-state index contributed by atoms with van der Waals surface area (Å²) in [5, 5.41) is 11.3. The Balaban J connectivity index is 2.36. The molecule has 0 aromatic rings. The molecule has 2 atom stereocenters. The minimum atomic E-state index is -1.06. The number of hydrogen-bond acceptors (Lipinski definition) is 4. The molecule has 0 saturated carbocycles. The average molecular weight is 245 g/mol. The van der Waals surface area contributed by atoms with E-state index in [4.69, 9.17) is 14.6 Å². The summed E-state index contributed by atoms with van der Waals surface area (Å²) < 4.78 is 9.98. The zero-order chi connectivity index (χ0) is 13.1. The van der Waals surface area contributed by atoms with Gasteiger partial charge in [-0.1, -0.05) is 0 Å². The highest BCUT2D eigenvalue weighted by atomic mass is 16.6. The summed E-state index contributed by atoms with van der Waals surface area (Å²) in [6, 6.07) is -0.922. The second kappa shape index (κ2) is 5.35. The number of carboxylic acids is 1. The van der Waals surface area contributed by atoms with Crippen LogP contribution in [-0.2, 0) is 14.3 Å². The number of alkyl carbamates (subject to hydrolysis) is 1. The number of carbonyl (C=O) groups excluding carboxylic acids is 1. The lowest BCUT2D eigenvalue weighted by atomic mass is 10.1. The van der Waals surface area contributed by atoms with Crippen molar-refractivity contribution >= 4 is 12.1 Å². The second-order valence-electron chi connectivity index (χ2n) is 5.07. The minimum absolute atomic E-state index is 0.150. The minimum Gasteiger partial charge on any atom is -0.480 e. The van der Waals surface area contributed by atoms with Gasteiger partial charge in [0.15, 0.2) is 0 Å². The summed E-state index contributed by atoms with van der Waals surface area (Å²) in [5.41, 5.74) is -0.632. The Hall–Kier alpha value is -1.30. The fraction of sp³-hybridized carbons (Fsp3) is 0.818.